The van der Waals surface area contributed by atoms with Crippen molar-refractivity contribution in [2.45, 2.75) is 25.8 Å². The molecular formula is C20H23N5O2. The molecule has 1 saturated heterocycles. The van der Waals surface area contributed by atoms with Crippen LogP contribution in [0.2, 0.25) is 0 Å². The van der Waals surface area contributed by atoms with E-state index in [-0.39, 0.29) is 17.7 Å². The number of phenols is 1. The first-order valence-electron chi connectivity index (χ1n) is 9.31. The summed E-state index contributed by atoms with van der Waals surface area (Å²) in [6, 6.07) is 8.71. The lowest BCUT2D eigenvalue weighted by atomic mass is 10.0. The van der Waals surface area contributed by atoms with Crippen LogP contribution in [0.3, 0.4) is 0 Å². The van der Waals surface area contributed by atoms with Crippen LogP contribution < -0.4 is 5.32 Å². The number of H-pyrrole nitrogens is 1. The quantitative estimate of drug-likeness (QED) is 0.661. The van der Waals surface area contributed by atoms with Crippen LogP contribution in [0.25, 0.3) is 22.3 Å². The van der Waals surface area contributed by atoms with Gasteiger partial charge in [0.2, 0.25) is 0 Å². The first-order valence-corrected chi connectivity index (χ1v) is 9.31. The second kappa shape index (κ2) is 7.36. The molecule has 1 aliphatic rings. The summed E-state index contributed by atoms with van der Waals surface area (Å²) in [6.07, 6.45) is 3.72. The zero-order chi connectivity index (χ0) is 18.8. The monoisotopic (exact) mass is 365 g/mol. The lowest BCUT2D eigenvalue weighted by Gasteiger charge is -2.32. The summed E-state index contributed by atoms with van der Waals surface area (Å²) in [7, 11) is 0. The van der Waals surface area contributed by atoms with Gasteiger partial charge in [0.1, 0.15) is 5.75 Å². The van der Waals surface area contributed by atoms with Gasteiger partial charge >= 0.3 is 0 Å². The highest BCUT2D eigenvalue weighted by molar-refractivity contribution is 6.06. The minimum atomic E-state index is -0.105. The molecule has 0 spiro atoms. The number of rotatable bonds is 4. The summed E-state index contributed by atoms with van der Waals surface area (Å²) in [5, 5.41) is 20.3. The Morgan fingerprint density at radius 2 is 2.19 bits per heavy atom. The van der Waals surface area contributed by atoms with Crippen molar-refractivity contribution in [3.05, 3.63) is 42.1 Å². The van der Waals surface area contributed by atoms with Crippen molar-refractivity contribution in [2.24, 2.45) is 0 Å². The molecule has 1 amide bonds. The summed E-state index contributed by atoms with van der Waals surface area (Å²) in [5.41, 5.74) is 2.62. The number of aromatic nitrogens is 3. The molecule has 1 aliphatic heterocycles. The van der Waals surface area contributed by atoms with Crippen molar-refractivity contribution in [3.63, 3.8) is 0 Å². The predicted octanol–water partition coefficient (Wildman–Crippen LogP) is 2.54. The molecule has 0 radical (unpaired) electrons. The number of hydrogen-bond donors (Lipinski definition) is 3. The number of benzene rings is 1. The summed E-state index contributed by atoms with van der Waals surface area (Å²) in [5.74, 6) is 0.0869. The number of likely N-dealkylation sites (tertiary alicyclic amines) is 1. The van der Waals surface area contributed by atoms with Gasteiger partial charge in [0.05, 0.1) is 22.8 Å². The topological polar surface area (TPSA) is 94.1 Å². The fraction of sp³-hybridized carbons (Fsp3) is 0.350. The molecule has 1 aromatic carbocycles. The number of aromatic amines is 1. The van der Waals surface area contributed by atoms with Gasteiger partial charge in [0.25, 0.3) is 5.91 Å². The Hall–Kier alpha value is -2.93. The van der Waals surface area contributed by atoms with Gasteiger partial charge in [-0.3, -0.25) is 9.89 Å². The lowest BCUT2D eigenvalue weighted by molar-refractivity contribution is 0.0907. The standard InChI is InChI=1S/C20H23N5O2/c1-2-25-9-3-4-14(12-25)22-20(27)16-10-18(13-5-7-15(26)8-6-13)23-19-17(16)11-21-24-19/h5-8,10-11,14,26H,2-4,9,12H2,1H3,(H,22,27)(H,21,23,24). The highest BCUT2D eigenvalue weighted by Gasteiger charge is 2.22. The van der Waals surface area contributed by atoms with Crippen LogP contribution in [0, 0.1) is 0 Å². The molecule has 4 rings (SSSR count). The number of fused-ring (bicyclic) bond motifs is 1. The molecule has 2 aromatic heterocycles. The minimum absolute atomic E-state index is 0.105. The number of likely N-dealkylation sites (N-methyl/N-ethyl adjacent to an activating group) is 1. The molecule has 3 N–H and O–H groups in total. The van der Waals surface area contributed by atoms with E-state index in [1.165, 1.54) is 0 Å². The third-order valence-electron chi connectivity index (χ3n) is 5.12. The first-order chi connectivity index (χ1) is 13.1. The average Bonchev–Trinajstić information content (AvgIpc) is 3.16. The Balaban J connectivity index is 1.65. The molecule has 7 nitrogen and oxygen atoms in total. The highest BCUT2D eigenvalue weighted by Crippen LogP contribution is 2.25. The van der Waals surface area contributed by atoms with Crippen LogP contribution in [0.15, 0.2) is 36.5 Å². The normalized spacial score (nSPS) is 17.9. The van der Waals surface area contributed by atoms with Crippen LogP contribution in [0.5, 0.6) is 5.75 Å². The van der Waals surface area contributed by atoms with Gasteiger partial charge < -0.3 is 15.3 Å². The number of carbonyl (C=O) groups is 1. The van der Waals surface area contributed by atoms with E-state index in [0.29, 0.717) is 22.3 Å². The fourth-order valence-corrected chi connectivity index (χ4v) is 3.62. The Kier molecular flexibility index (Phi) is 4.77. The molecule has 0 saturated carbocycles. The number of hydrogen-bond acceptors (Lipinski definition) is 5. The maximum Gasteiger partial charge on any atom is 0.252 e. The largest absolute Gasteiger partial charge is 0.508 e. The first kappa shape index (κ1) is 17.5. The summed E-state index contributed by atoms with van der Waals surface area (Å²) in [4.78, 5) is 19.9. The number of pyridine rings is 1. The number of nitrogens with one attached hydrogen (secondary N) is 2. The molecule has 27 heavy (non-hydrogen) atoms. The molecular weight excluding hydrogens is 342 g/mol. The van der Waals surface area contributed by atoms with Crippen molar-refractivity contribution < 1.29 is 9.90 Å². The van der Waals surface area contributed by atoms with Crippen LogP contribution in [0.4, 0.5) is 0 Å². The van der Waals surface area contributed by atoms with Crippen LogP contribution in [-0.4, -0.2) is 56.8 Å². The molecule has 1 fully saturated rings. The van der Waals surface area contributed by atoms with Gasteiger partial charge in [0, 0.05) is 18.2 Å². The van der Waals surface area contributed by atoms with Gasteiger partial charge in [0.15, 0.2) is 5.65 Å². The maximum atomic E-state index is 13.0. The summed E-state index contributed by atoms with van der Waals surface area (Å²) in [6.45, 7) is 5.12. The van der Waals surface area contributed by atoms with Gasteiger partial charge in [-0.15, -0.1) is 0 Å². The molecule has 1 unspecified atom stereocenters. The van der Waals surface area contributed by atoms with Gasteiger partial charge in [-0.05, 0) is 56.3 Å². The number of amides is 1. The van der Waals surface area contributed by atoms with Crippen molar-refractivity contribution in [2.75, 3.05) is 19.6 Å². The number of phenolic OH excluding ortho intramolecular Hbond substituents is 1. The third kappa shape index (κ3) is 3.64. The van der Waals surface area contributed by atoms with Crippen LogP contribution in [-0.2, 0) is 0 Å². The zero-order valence-electron chi connectivity index (χ0n) is 15.3. The molecule has 0 bridgehead atoms. The van der Waals surface area contributed by atoms with E-state index in [9.17, 15) is 9.90 Å². The molecule has 7 heteroatoms. The van der Waals surface area contributed by atoms with E-state index in [1.807, 2.05) is 0 Å². The summed E-state index contributed by atoms with van der Waals surface area (Å²) >= 11 is 0. The maximum absolute atomic E-state index is 13.0. The Labute approximate surface area is 157 Å². The fourth-order valence-electron chi connectivity index (χ4n) is 3.62. The van der Waals surface area contributed by atoms with Crippen molar-refractivity contribution >= 4 is 16.9 Å². The van der Waals surface area contributed by atoms with Crippen LogP contribution >= 0.6 is 0 Å². The molecule has 1 atom stereocenters. The molecule has 3 heterocycles. The lowest BCUT2D eigenvalue weighted by Crippen LogP contribution is -2.47. The molecule has 3 aromatic rings. The van der Waals surface area contributed by atoms with Gasteiger partial charge in [-0.2, -0.15) is 5.10 Å². The van der Waals surface area contributed by atoms with E-state index < -0.39 is 0 Å². The third-order valence-corrected chi connectivity index (χ3v) is 5.12. The van der Waals surface area contributed by atoms with Gasteiger partial charge in [-0.25, -0.2) is 4.98 Å². The van der Waals surface area contributed by atoms with Gasteiger partial charge in [-0.1, -0.05) is 6.92 Å². The predicted molar refractivity (Wildman–Crippen MR) is 104 cm³/mol. The average molecular weight is 365 g/mol. The number of carbonyl (C=O) groups excluding carboxylic acids is 1. The van der Waals surface area contributed by atoms with E-state index >= 15 is 0 Å². The van der Waals surface area contributed by atoms with E-state index in [2.05, 4.69) is 32.3 Å². The SMILES string of the molecule is CCN1CCCC(NC(=O)c2cc(-c3ccc(O)cc3)nc3[nH]ncc23)C1. The van der Waals surface area contributed by atoms with E-state index in [0.717, 1.165) is 38.0 Å². The second-order valence-corrected chi connectivity index (χ2v) is 6.94. The highest BCUT2D eigenvalue weighted by atomic mass is 16.3. The smallest absolute Gasteiger partial charge is 0.252 e. The Bertz CT molecular complexity index is 951. The second-order valence-electron chi connectivity index (χ2n) is 6.94. The number of aromatic hydroxyl groups is 1. The summed E-state index contributed by atoms with van der Waals surface area (Å²) < 4.78 is 0. The Morgan fingerprint density at radius 1 is 1.37 bits per heavy atom. The minimum Gasteiger partial charge on any atom is -0.508 e. The molecule has 0 aliphatic carbocycles. The van der Waals surface area contributed by atoms with Crippen LogP contribution in [0.1, 0.15) is 30.1 Å². The van der Waals surface area contributed by atoms with Crippen molar-refractivity contribution in [3.8, 4) is 17.0 Å². The zero-order valence-corrected chi connectivity index (χ0v) is 15.3. The molecule has 140 valence electrons. The number of nitrogens with zero attached hydrogens (tertiary/aromatic N) is 3. The van der Waals surface area contributed by atoms with Crippen molar-refractivity contribution in [1.82, 2.24) is 25.4 Å². The van der Waals surface area contributed by atoms with Crippen molar-refractivity contribution in [1.29, 1.82) is 0 Å². The Morgan fingerprint density at radius 3 is 2.96 bits per heavy atom. The van der Waals surface area contributed by atoms with E-state index in [4.69, 9.17) is 0 Å². The van der Waals surface area contributed by atoms with E-state index in [1.54, 1.807) is 36.5 Å². The number of piperidine rings is 1.